The number of nitrogens with zero attached hydrogens (tertiary/aromatic N) is 1. The van der Waals surface area contributed by atoms with Crippen LogP contribution in [-0.2, 0) is 4.79 Å². The van der Waals surface area contributed by atoms with E-state index in [0.29, 0.717) is 34.9 Å². The van der Waals surface area contributed by atoms with Crippen LogP contribution in [-0.4, -0.2) is 18.4 Å². The molecule has 1 aliphatic rings. The lowest BCUT2D eigenvalue weighted by atomic mass is 10.2. The third kappa shape index (κ3) is 2.97. The second-order valence-corrected chi connectivity index (χ2v) is 5.54. The van der Waals surface area contributed by atoms with Crippen LogP contribution in [0.2, 0.25) is 5.02 Å². The molecule has 0 unspecified atom stereocenters. The van der Waals surface area contributed by atoms with Crippen LogP contribution >= 0.6 is 11.6 Å². The molecule has 1 aliphatic heterocycles. The Hall–Kier alpha value is -2.33. The highest BCUT2D eigenvalue weighted by Crippen LogP contribution is 2.31. The van der Waals surface area contributed by atoms with Gasteiger partial charge in [0, 0.05) is 24.2 Å². The van der Waals surface area contributed by atoms with Gasteiger partial charge < -0.3 is 10.2 Å². The Morgan fingerprint density at radius 3 is 2.55 bits per heavy atom. The Kier molecular flexibility index (Phi) is 4.11. The number of anilines is 2. The summed E-state index contributed by atoms with van der Waals surface area (Å²) in [6.07, 6.45) is 1.41. The molecule has 1 heterocycles. The summed E-state index contributed by atoms with van der Waals surface area (Å²) in [6.45, 7) is 0.689. The van der Waals surface area contributed by atoms with Crippen molar-refractivity contribution in [1.29, 1.82) is 0 Å². The summed E-state index contributed by atoms with van der Waals surface area (Å²) in [5, 5.41) is 3.26. The Bertz CT molecular complexity index is 716. The molecule has 0 aromatic heterocycles. The molecule has 1 fully saturated rings. The van der Waals surface area contributed by atoms with E-state index in [0.717, 1.165) is 6.42 Å². The molecule has 0 radical (unpaired) electrons. The van der Waals surface area contributed by atoms with Crippen molar-refractivity contribution < 1.29 is 9.59 Å². The first-order valence-electron chi connectivity index (χ1n) is 7.11. The van der Waals surface area contributed by atoms with Gasteiger partial charge in [-0.25, -0.2) is 0 Å². The molecule has 2 amide bonds. The summed E-state index contributed by atoms with van der Waals surface area (Å²) in [5.74, 6) is -0.107. The van der Waals surface area contributed by atoms with Crippen LogP contribution in [0.1, 0.15) is 23.2 Å². The Balaban J connectivity index is 1.77. The van der Waals surface area contributed by atoms with Crippen LogP contribution in [0.4, 0.5) is 11.4 Å². The average molecular weight is 315 g/mol. The predicted octanol–water partition coefficient (Wildman–Crippen LogP) is 3.72. The number of rotatable bonds is 3. The van der Waals surface area contributed by atoms with Gasteiger partial charge >= 0.3 is 0 Å². The quantitative estimate of drug-likeness (QED) is 0.938. The fourth-order valence-electron chi connectivity index (χ4n) is 2.50. The first-order chi connectivity index (χ1) is 10.6. The monoisotopic (exact) mass is 314 g/mol. The molecule has 112 valence electrons. The maximum Gasteiger partial charge on any atom is 0.255 e. The second kappa shape index (κ2) is 6.20. The summed E-state index contributed by atoms with van der Waals surface area (Å²) in [7, 11) is 0. The van der Waals surface area contributed by atoms with E-state index in [4.69, 9.17) is 11.6 Å². The number of halogens is 1. The van der Waals surface area contributed by atoms with Gasteiger partial charge in [0.15, 0.2) is 0 Å². The molecule has 3 rings (SSSR count). The number of hydrogen-bond acceptors (Lipinski definition) is 2. The molecule has 2 aromatic rings. The lowest BCUT2D eigenvalue weighted by molar-refractivity contribution is -0.117. The largest absolute Gasteiger partial charge is 0.322 e. The normalized spacial score (nSPS) is 14.2. The van der Waals surface area contributed by atoms with Gasteiger partial charge in [0.2, 0.25) is 5.91 Å². The maximum atomic E-state index is 12.1. The third-order valence-corrected chi connectivity index (χ3v) is 3.91. The van der Waals surface area contributed by atoms with E-state index in [1.165, 1.54) is 0 Å². The number of carbonyl (C=O) groups is 2. The fourth-order valence-corrected chi connectivity index (χ4v) is 2.78. The molecule has 4 nitrogen and oxygen atoms in total. The Morgan fingerprint density at radius 1 is 1.14 bits per heavy atom. The summed E-state index contributed by atoms with van der Waals surface area (Å²) in [4.78, 5) is 25.6. The molecular weight excluding hydrogens is 300 g/mol. The molecular formula is C17H15ClN2O2. The van der Waals surface area contributed by atoms with Crippen molar-refractivity contribution >= 4 is 34.8 Å². The average Bonchev–Trinajstić information content (AvgIpc) is 2.94. The lowest BCUT2D eigenvalue weighted by Crippen LogP contribution is -2.24. The molecule has 1 saturated heterocycles. The molecule has 0 aliphatic carbocycles. The third-order valence-electron chi connectivity index (χ3n) is 3.61. The first kappa shape index (κ1) is 14.6. The minimum atomic E-state index is -0.193. The Morgan fingerprint density at radius 2 is 1.91 bits per heavy atom. The molecule has 0 spiro atoms. The van der Waals surface area contributed by atoms with Crippen LogP contribution < -0.4 is 10.2 Å². The number of benzene rings is 2. The molecule has 2 aromatic carbocycles. The van der Waals surface area contributed by atoms with Gasteiger partial charge in [-0.3, -0.25) is 9.59 Å². The minimum absolute atomic E-state index is 0.0861. The van der Waals surface area contributed by atoms with Gasteiger partial charge in [-0.1, -0.05) is 29.8 Å². The van der Waals surface area contributed by atoms with Gasteiger partial charge in [-0.05, 0) is 36.8 Å². The second-order valence-electron chi connectivity index (χ2n) is 5.14. The minimum Gasteiger partial charge on any atom is -0.322 e. The molecule has 0 saturated carbocycles. The fraction of sp³-hybridized carbons (Fsp3) is 0.176. The number of hydrogen-bond donors (Lipinski definition) is 1. The van der Waals surface area contributed by atoms with E-state index in [1.807, 2.05) is 18.2 Å². The van der Waals surface area contributed by atoms with Crippen molar-refractivity contribution in [3.05, 3.63) is 59.1 Å². The smallest absolute Gasteiger partial charge is 0.255 e. The number of carbonyl (C=O) groups excluding carboxylic acids is 2. The Labute approximate surface area is 133 Å². The molecule has 0 atom stereocenters. The van der Waals surface area contributed by atoms with Gasteiger partial charge in [0.25, 0.3) is 5.91 Å². The van der Waals surface area contributed by atoms with Gasteiger partial charge in [0.05, 0.1) is 10.7 Å². The van der Waals surface area contributed by atoms with Crippen molar-refractivity contribution in [1.82, 2.24) is 0 Å². The summed E-state index contributed by atoms with van der Waals surface area (Å²) >= 11 is 6.26. The lowest BCUT2D eigenvalue weighted by Gasteiger charge is -2.18. The van der Waals surface area contributed by atoms with Gasteiger partial charge in [-0.2, -0.15) is 0 Å². The first-order valence-corrected chi connectivity index (χ1v) is 7.49. The van der Waals surface area contributed by atoms with E-state index >= 15 is 0 Å². The van der Waals surface area contributed by atoms with Crippen LogP contribution in [0.15, 0.2) is 48.5 Å². The van der Waals surface area contributed by atoms with Crippen molar-refractivity contribution in [2.75, 3.05) is 16.8 Å². The predicted molar refractivity (Wildman–Crippen MR) is 87.4 cm³/mol. The van der Waals surface area contributed by atoms with Gasteiger partial charge in [-0.15, -0.1) is 0 Å². The van der Waals surface area contributed by atoms with Gasteiger partial charge in [0.1, 0.15) is 0 Å². The van der Waals surface area contributed by atoms with E-state index in [2.05, 4.69) is 5.32 Å². The SMILES string of the molecule is O=C(Nc1ccc(N2CCCC2=O)c(Cl)c1)c1ccccc1. The topological polar surface area (TPSA) is 49.4 Å². The van der Waals surface area contributed by atoms with Crippen LogP contribution in [0.3, 0.4) is 0 Å². The molecule has 5 heteroatoms. The summed E-state index contributed by atoms with van der Waals surface area (Å²) < 4.78 is 0. The zero-order chi connectivity index (χ0) is 15.5. The van der Waals surface area contributed by atoms with E-state index < -0.39 is 0 Å². The zero-order valence-electron chi connectivity index (χ0n) is 11.9. The highest BCUT2D eigenvalue weighted by atomic mass is 35.5. The van der Waals surface area contributed by atoms with E-state index in [-0.39, 0.29) is 11.8 Å². The van der Waals surface area contributed by atoms with E-state index in [9.17, 15) is 9.59 Å². The summed E-state index contributed by atoms with van der Waals surface area (Å²) in [5.41, 5.74) is 1.88. The van der Waals surface area contributed by atoms with Crippen LogP contribution in [0.5, 0.6) is 0 Å². The van der Waals surface area contributed by atoms with Crippen molar-refractivity contribution in [3.63, 3.8) is 0 Å². The van der Waals surface area contributed by atoms with Crippen molar-refractivity contribution in [3.8, 4) is 0 Å². The standard InChI is InChI=1S/C17H15ClN2O2/c18-14-11-13(19-17(22)12-5-2-1-3-6-12)8-9-15(14)20-10-4-7-16(20)21/h1-3,5-6,8-9,11H,4,7,10H2,(H,19,22). The molecule has 22 heavy (non-hydrogen) atoms. The highest BCUT2D eigenvalue weighted by Gasteiger charge is 2.23. The number of amides is 2. The van der Waals surface area contributed by atoms with Crippen molar-refractivity contribution in [2.45, 2.75) is 12.8 Å². The van der Waals surface area contributed by atoms with Crippen molar-refractivity contribution in [2.24, 2.45) is 0 Å². The summed E-state index contributed by atoms with van der Waals surface area (Å²) in [6, 6.07) is 14.2. The van der Waals surface area contributed by atoms with E-state index in [1.54, 1.807) is 35.2 Å². The maximum absolute atomic E-state index is 12.1. The zero-order valence-corrected chi connectivity index (χ0v) is 12.6. The molecule has 1 N–H and O–H groups in total. The van der Waals surface area contributed by atoms with Crippen LogP contribution in [0.25, 0.3) is 0 Å². The molecule has 0 bridgehead atoms. The highest BCUT2D eigenvalue weighted by molar-refractivity contribution is 6.34. The number of nitrogens with one attached hydrogen (secondary N) is 1. The van der Waals surface area contributed by atoms with Crippen LogP contribution in [0, 0.1) is 0 Å².